The zero-order valence-corrected chi connectivity index (χ0v) is 12.0. The van der Waals surface area contributed by atoms with Crippen molar-refractivity contribution < 1.29 is 14.3 Å². The molecule has 0 atom stereocenters. The lowest BCUT2D eigenvalue weighted by Crippen LogP contribution is -2.25. The second kappa shape index (κ2) is 7.94. The van der Waals surface area contributed by atoms with Crippen LogP contribution in [0.3, 0.4) is 0 Å². The first-order valence-electron chi connectivity index (χ1n) is 6.81. The summed E-state index contributed by atoms with van der Waals surface area (Å²) in [7, 11) is 1.59. The van der Waals surface area contributed by atoms with Crippen molar-refractivity contribution in [2.45, 2.75) is 6.42 Å². The van der Waals surface area contributed by atoms with Crippen LogP contribution in [0.15, 0.2) is 48.5 Å². The van der Waals surface area contributed by atoms with E-state index in [4.69, 9.17) is 9.47 Å². The minimum absolute atomic E-state index is 0.0671. The largest absolute Gasteiger partial charge is 0.493 e. The number of amides is 1. The molecule has 1 radical (unpaired) electrons. The van der Waals surface area contributed by atoms with Gasteiger partial charge in [0, 0.05) is 12.1 Å². The Balaban J connectivity index is 1.70. The van der Waals surface area contributed by atoms with E-state index in [2.05, 4.69) is 11.4 Å². The maximum atomic E-state index is 11.8. The van der Waals surface area contributed by atoms with Gasteiger partial charge in [-0.05, 0) is 36.8 Å². The Morgan fingerprint density at radius 1 is 1.19 bits per heavy atom. The second-order valence-corrected chi connectivity index (χ2v) is 4.40. The summed E-state index contributed by atoms with van der Waals surface area (Å²) >= 11 is 0. The van der Waals surface area contributed by atoms with E-state index < -0.39 is 0 Å². The monoisotopic (exact) mass is 284 g/mol. The van der Waals surface area contributed by atoms with E-state index in [1.54, 1.807) is 37.4 Å². The maximum absolute atomic E-state index is 11.8. The quantitative estimate of drug-likeness (QED) is 0.795. The van der Waals surface area contributed by atoms with Crippen LogP contribution in [0.2, 0.25) is 0 Å². The topological polar surface area (TPSA) is 47.6 Å². The molecule has 1 N–H and O–H groups in total. The fourth-order valence-electron chi connectivity index (χ4n) is 1.83. The lowest BCUT2D eigenvalue weighted by Gasteiger charge is -2.10. The fraction of sp³-hybridized carbons (Fsp3) is 0.235. The molecule has 109 valence electrons. The van der Waals surface area contributed by atoms with Gasteiger partial charge in [-0.2, -0.15) is 0 Å². The van der Waals surface area contributed by atoms with Crippen LogP contribution in [-0.2, 0) is 0 Å². The summed E-state index contributed by atoms with van der Waals surface area (Å²) in [5.41, 5.74) is 0.665. The number of ether oxygens (including phenoxy) is 2. The van der Waals surface area contributed by atoms with Crippen LogP contribution < -0.4 is 14.8 Å². The zero-order chi connectivity index (χ0) is 14.9. The minimum atomic E-state index is -0.0671. The second-order valence-electron chi connectivity index (χ2n) is 4.40. The lowest BCUT2D eigenvalue weighted by atomic mass is 10.2. The van der Waals surface area contributed by atoms with E-state index >= 15 is 0 Å². The van der Waals surface area contributed by atoms with E-state index in [1.165, 1.54) is 0 Å². The third-order valence-electron chi connectivity index (χ3n) is 2.91. The Morgan fingerprint density at radius 3 is 2.76 bits per heavy atom. The minimum Gasteiger partial charge on any atom is -0.493 e. The Bertz CT molecular complexity index is 569. The summed E-state index contributed by atoms with van der Waals surface area (Å²) in [5, 5.41) is 2.86. The summed E-state index contributed by atoms with van der Waals surface area (Å²) in [4.78, 5) is 11.8. The molecule has 0 heterocycles. The Labute approximate surface area is 124 Å². The van der Waals surface area contributed by atoms with Gasteiger partial charge in [0.1, 0.15) is 0 Å². The number of carbonyl (C=O) groups is 1. The summed E-state index contributed by atoms with van der Waals surface area (Å²) in [5.74, 6) is 1.28. The first-order valence-corrected chi connectivity index (χ1v) is 6.81. The Hall–Kier alpha value is -2.49. The number of rotatable bonds is 7. The first-order chi connectivity index (χ1) is 10.3. The summed E-state index contributed by atoms with van der Waals surface area (Å²) in [6, 6.07) is 17.4. The van der Waals surface area contributed by atoms with Gasteiger partial charge in [0.15, 0.2) is 11.5 Å². The van der Waals surface area contributed by atoms with Crippen molar-refractivity contribution in [2.75, 3.05) is 20.3 Å². The van der Waals surface area contributed by atoms with Gasteiger partial charge in [-0.1, -0.05) is 24.3 Å². The highest BCUT2D eigenvalue weighted by Gasteiger charge is 2.04. The van der Waals surface area contributed by atoms with Gasteiger partial charge < -0.3 is 14.8 Å². The van der Waals surface area contributed by atoms with E-state index in [-0.39, 0.29) is 5.91 Å². The van der Waals surface area contributed by atoms with Crippen LogP contribution in [0, 0.1) is 6.07 Å². The third kappa shape index (κ3) is 4.53. The molecule has 0 bridgehead atoms. The van der Waals surface area contributed by atoms with E-state index in [1.807, 2.05) is 18.2 Å². The van der Waals surface area contributed by atoms with Crippen molar-refractivity contribution >= 4 is 5.91 Å². The number of benzene rings is 2. The van der Waals surface area contributed by atoms with Gasteiger partial charge in [-0.3, -0.25) is 4.79 Å². The van der Waals surface area contributed by atoms with Crippen molar-refractivity contribution in [1.82, 2.24) is 5.32 Å². The third-order valence-corrected chi connectivity index (χ3v) is 2.91. The van der Waals surface area contributed by atoms with Crippen LogP contribution in [0.4, 0.5) is 0 Å². The first kappa shape index (κ1) is 14.9. The molecule has 0 unspecified atom stereocenters. The van der Waals surface area contributed by atoms with Crippen LogP contribution in [-0.4, -0.2) is 26.2 Å². The van der Waals surface area contributed by atoms with Crippen molar-refractivity contribution in [1.29, 1.82) is 0 Å². The Kier molecular flexibility index (Phi) is 5.64. The summed E-state index contributed by atoms with van der Waals surface area (Å²) < 4.78 is 10.8. The number of hydrogen-bond donors (Lipinski definition) is 1. The molecule has 0 aliphatic rings. The fourth-order valence-corrected chi connectivity index (χ4v) is 1.83. The maximum Gasteiger partial charge on any atom is 0.251 e. The van der Waals surface area contributed by atoms with E-state index in [0.717, 1.165) is 6.42 Å². The van der Waals surface area contributed by atoms with Crippen molar-refractivity contribution in [2.24, 2.45) is 0 Å². The van der Waals surface area contributed by atoms with Gasteiger partial charge in [0.05, 0.1) is 13.7 Å². The predicted molar refractivity (Wildman–Crippen MR) is 80.7 cm³/mol. The lowest BCUT2D eigenvalue weighted by molar-refractivity contribution is 0.0951. The molecule has 4 nitrogen and oxygen atoms in total. The molecule has 0 spiro atoms. The van der Waals surface area contributed by atoms with Crippen molar-refractivity contribution in [3.8, 4) is 11.5 Å². The van der Waals surface area contributed by atoms with E-state index in [9.17, 15) is 4.79 Å². The van der Waals surface area contributed by atoms with Crippen LogP contribution >= 0.6 is 0 Å². The van der Waals surface area contributed by atoms with Crippen molar-refractivity contribution in [3.05, 3.63) is 60.2 Å². The number of carbonyl (C=O) groups excluding carboxylic acids is 1. The molecular formula is C17H18NO3. The van der Waals surface area contributed by atoms with Crippen LogP contribution in [0.5, 0.6) is 11.5 Å². The zero-order valence-electron chi connectivity index (χ0n) is 12.0. The molecular weight excluding hydrogens is 266 g/mol. The number of nitrogens with one attached hydrogen (secondary N) is 1. The molecule has 2 rings (SSSR count). The molecule has 4 heteroatoms. The van der Waals surface area contributed by atoms with Gasteiger partial charge in [0.2, 0.25) is 0 Å². The average Bonchev–Trinajstić information content (AvgIpc) is 2.55. The average molecular weight is 284 g/mol. The smallest absolute Gasteiger partial charge is 0.251 e. The normalized spacial score (nSPS) is 9.95. The summed E-state index contributed by atoms with van der Waals surface area (Å²) in [6.45, 7) is 1.07. The molecule has 2 aromatic carbocycles. The van der Waals surface area contributed by atoms with Crippen LogP contribution in [0.1, 0.15) is 16.8 Å². The van der Waals surface area contributed by atoms with E-state index in [0.29, 0.717) is 30.2 Å². The van der Waals surface area contributed by atoms with Crippen molar-refractivity contribution in [3.63, 3.8) is 0 Å². The number of methoxy groups -OCH3 is 1. The van der Waals surface area contributed by atoms with Crippen LogP contribution in [0.25, 0.3) is 0 Å². The highest BCUT2D eigenvalue weighted by molar-refractivity contribution is 5.94. The molecule has 0 aromatic heterocycles. The molecule has 0 saturated carbocycles. The van der Waals surface area contributed by atoms with Gasteiger partial charge >= 0.3 is 0 Å². The highest BCUT2D eigenvalue weighted by atomic mass is 16.5. The molecule has 1 amide bonds. The van der Waals surface area contributed by atoms with Gasteiger partial charge in [0.25, 0.3) is 5.91 Å². The summed E-state index contributed by atoms with van der Waals surface area (Å²) in [6.07, 6.45) is 0.723. The van der Waals surface area contributed by atoms with Gasteiger partial charge in [-0.15, -0.1) is 0 Å². The standard InChI is InChI=1S/C17H18NO3/c1-20-15-10-5-6-11-16(15)21-13-7-12-18-17(19)14-8-3-2-4-9-14/h2-4,6,8-11H,7,12-13H2,1H3,(H,18,19). The molecule has 0 aliphatic carbocycles. The SMILES string of the molecule is COc1c[c]ccc1OCCCNC(=O)c1ccccc1. The molecule has 0 aliphatic heterocycles. The number of hydrogen-bond acceptors (Lipinski definition) is 3. The highest BCUT2D eigenvalue weighted by Crippen LogP contribution is 2.25. The molecule has 0 saturated heterocycles. The molecule has 0 fully saturated rings. The van der Waals surface area contributed by atoms with Gasteiger partial charge in [-0.25, -0.2) is 0 Å². The molecule has 21 heavy (non-hydrogen) atoms. The Morgan fingerprint density at radius 2 is 2.00 bits per heavy atom. The predicted octanol–water partition coefficient (Wildman–Crippen LogP) is 2.69. The molecule has 2 aromatic rings.